The molecule has 1 aromatic rings. The first kappa shape index (κ1) is 14.0. The summed E-state index contributed by atoms with van der Waals surface area (Å²) in [6.45, 7) is 3.90. The molecule has 0 bridgehead atoms. The number of pyridine rings is 1. The van der Waals surface area contributed by atoms with Gasteiger partial charge >= 0.3 is 0 Å². The Morgan fingerprint density at radius 2 is 2.22 bits per heavy atom. The Kier molecular flexibility index (Phi) is 5.12. The zero-order valence-corrected chi connectivity index (χ0v) is 10.7. The van der Waals surface area contributed by atoms with Crippen LogP contribution in [0.1, 0.15) is 41.9 Å². The van der Waals surface area contributed by atoms with Gasteiger partial charge in [-0.2, -0.15) is 5.26 Å². The molecule has 0 radical (unpaired) electrons. The maximum Gasteiger partial charge on any atom is 0.261 e. The van der Waals surface area contributed by atoms with E-state index in [1.165, 1.54) is 0 Å². The number of carbonyl (C=O) groups is 1. The van der Waals surface area contributed by atoms with Crippen LogP contribution in [0.4, 0.5) is 0 Å². The average molecular weight is 247 g/mol. The lowest BCUT2D eigenvalue weighted by atomic mass is 10.0. The third-order valence-corrected chi connectivity index (χ3v) is 2.66. The predicted molar refractivity (Wildman–Crippen MR) is 68.4 cm³/mol. The van der Waals surface area contributed by atoms with E-state index in [0.717, 1.165) is 30.5 Å². The van der Waals surface area contributed by atoms with Crippen molar-refractivity contribution in [1.82, 2.24) is 10.3 Å². The van der Waals surface area contributed by atoms with Crippen molar-refractivity contribution in [2.45, 2.75) is 33.1 Å². The standard InChI is InChI=1S/C13H17N3O2/c1-3-5-9-8-10(12(17)15-7-6-14)13(18)16-11(9)4-2/h8H,3-5,7H2,1-2H3,(H,15,17)(H,16,18). The van der Waals surface area contributed by atoms with Gasteiger partial charge in [-0.25, -0.2) is 0 Å². The normalized spacial score (nSPS) is 9.83. The highest BCUT2D eigenvalue weighted by molar-refractivity contribution is 5.94. The third kappa shape index (κ3) is 3.20. The topological polar surface area (TPSA) is 85.8 Å². The molecule has 1 rings (SSSR count). The molecule has 0 aliphatic heterocycles. The number of nitriles is 1. The van der Waals surface area contributed by atoms with Crippen LogP contribution in [0.15, 0.2) is 10.9 Å². The van der Waals surface area contributed by atoms with Crippen LogP contribution in [0.2, 0.25) is 0 Å². The smallest absolute Gasteiger partial charge is 0.261 e. The van der Waals surface area contributed by atoms with Gasteiger partial charge in [0.05, 0.1) is 6.07 Å². The number of nitrogens with zero attached hydrogens (tertiary/aromatic N) is 1. The van der Waals surface area contributed by atoms with E-state index in [2.05, 4.69) is 10.3 Å². The van der Waals surface area contributed by atoms with Crippen molar-refractivity contribution in [2.24, 2.45) is 0 Å². The maximum absolute atomic E-state index is 11.8. The lowest BCUT2D eigenvalue weighted by Crippen LogP contribution is -2.30. The fourth-order valence-electron chi connectivity index (χ4n) is 1.80. The lowest BCUT2D eigenvalue weighted by molar-refractivity contribution is 0.0957. The largest absolute Gasteiger partial charge is 0.339 e. The van der Waals surface area contributed by atoms with Crippen LogP contribution in [0.3, 0.4) is 0 Å². The minimum Gasteiger partial charge on any atom is -0.339 e. The molecule has 5 nitrogen and oxygen atoms in total. The highest BCUT2D eigenvalue weighted by Gasteiger charge is 2.13. The fraction of sp³-hybridized carbons (Fsp3) is 0.462. The lowest BCUT2D eigenvalue weighted by Gasteiger charge is -2.09. The molecule has 0 fully saturated rings. The van der Waals surface area contributed by atoms with E-state index < -0.39 is 11.5 Å². The molecule has 0 saturated heterocycles. The molecule has 0 unspecified atom stereocenters. The van der Waals surface area contributed by atoms with E-state index in [1.807, 2.05) is 13.8 Å². The van der Waals surface area contributed by atoms with E-state index in [1.54, 1.807) is 12.1 Å². The summed E-state index contributed by atoms with van der Waals surface area (Å²) in [6.07, 6.45) is 2.49. The maximum atomic E-state index is 11.8. The predicted octanol–water partition coefficient (Wildman–Crippen LogP) is 1.14. The first-order valence-corrected chi connectivity index (χ1v) is 6.04. The van der Waals surface area contributed by atoms with Crippen LogP contribution in [0.25, 0.3) is 0 Å². The Balaban J connectivity index is 3.13. The molecular weight excluding hydrogens is 230 g/mol. The summed E-state index contributed by atoms with van der Waals surface area (Å²) in [5.74, 6) is -0.502. The molecule has 0 saturated carbocycles. The second kappa shape index (κ2) is 6.60. The second-order valence-corrected chi connectivity index (χ2v) is 3.96. The molecule has 2 N–H and O–H groups in total. The van der Waals surface area contributed by atoms with Gasteiger partial charge in [-0.1, -0.05) is 20.3 Å². The van der Waals surface area contributed by atoms with Crippen molar-refractivity contribution in [3.05, 3.63) is 33.2 Å². The van der Waals surface area contributed by atoms with Gasteiger partial charge in [0.2, 0.25) is 0 Å². The monoisotopic (exact) mass is 247 g/mol. The molecule has 1 aromatic heterocycles. The molecule has 0 spiro atoms. The summed E-state index contributed by atoms with van der Waals surface area (Å²) >= 11 is 0. The van der Waals surface area contributed by atoms with Crippen molar-refractivity contribution in [2.75, 3.05) is 6.54 Å². The number of carbonyl (C=O) groups excluding carboxylic acids is 1. The average Bonchev–Trinajstić information content (AvgIpc) is 2.37. The number of nitrogens with one attached hydrogen (secondary N) is 2. The number of aryl methyl sites for hydroxylation is 2. The van der Waals surface area contributed by atoms with Crippen molar-refractivity contribution in [3.8, 4) is 6.07 Å². The molecule has 0 aliphatic carbocycles. The number of H-pyrrole nitrogens is 1. The van der Waals surface area contributed by atoms with Gasteiger partial charge in [-0.3, -0.25) is 9.59 Å². The number of amides is 1. The molecule has 1 amide bonds. The van der Waals surface area contributed by atoms with Crippen molar-refractivity contribution in [3.63, 3.8) is 0 Å². The SMILES string of the molecule is CCCc1cc(C(=O)NCC#N)c(=O)[nH]c1CC. The summed E-state index contributed by atoms with van der Waals surface area (Å²) in [5.41, 5.74) is 1.54. The minimum atomic E-state index is -0.502. The Morgan fingerprint density at radius 3 is 2.78 bits per heavy atom. The van der Waals surface area contributed by atoms with Gasteiger partial charge in [0.1, 0.15) is 12.1 Å². The van der Waals surface area contributed by atoms with Gasteiger partial charge in [0, 0.05) is 5.69 Å². The Hall–Kier alpha value is -2.09. The summed E-state index contributed by atoms with van der Waals surface area (Å²) in [5, 5.41) is 10.8. The summed E-state index contributed by atoms with van der Waals surface area (Å²) in [7, 11) is 0. The van der Waals surface area contributed by atoms with Crippen LogP contribution < -0.4 is 10.9 Å². The first-order chi connectivity index (χ1) is 8.63. The van der Waals surface area contributed by atoms with E-state index in [0.29, 0.717) is 0 Å². The highest BCUT2D eigenvalue weighted by atomic mass is 16.2. The summed E-state index contributed by atoms with van der Waals surface area (Å²) < 4.78 is 0. The number of hydrogen-bond donors (Lipinski definition) is 2. The Morgan fingerprint density at radius 1 is 1.50 bits per heavy atom. The molecule has 18 heavy (non-hydrogen) atoms. The molecule has 0 aliphatic rings. The van der Waals surface area contributed by atoms with Crippen LogP contribution in [-0.2, 0) is 12.8 Å². The zero-order valence-electron chi connectivity index (χ0n) is 10.7. The Bertz CT molecular complexity index is 526. The molecule has 0 aromatic carbocycles. The molecule has 5 heteroatoms. The van der Waals surface area contributed by atoms with Crippen molar-refractivity contribution in [1.29, 1.82) is 5.26 Å². The second-order valence-electron chi connectivity index (χ2n) is 3.96. The minimum absolute atomic E-state index is 0.0749. The van der Waals surface area contributed by atoms with Gasteiger partial charge in [-0.15, -0.1) is 0 Å². The summed E-state index contributed by atoms with van der Waals surface area (Å²) in [4.78, 5) is 26.2. The fourth-order valence-corrected chi connectivity index (χ4v) is 1.80. The van der Waals surface area contributed by atoms with Gasteiger partial charge in [0.25, 0.3) is 11.5 Å². The van der Waals surface area contributed by atoms with E-state index in [9.17, 15) is 9.59 Å². The van der Waals surface area contributed by atoms with Gasteiger partial charge in [-0.05, 0) is 24.5 Å². The van der Waals surface area contributed by atoms with E-state index in [-0.39, 0.29) is 12.1 Å². The number of hydrogen-bond acceptors (Lipinski definition) is 3. The van der Waals surface area contributed by atoms with E-state index in [4.69, 9.17) is 5.26 Å². The number of rotatable bonds is 5. The number of aromatic amines is 1. The molecule has 96 valence electrons. The first-order valence-electron chi connectivity index (χ1n) is 6.04. The Labute approximate surface area is 106 Å². The quantitative estimate of drug-likeness (QED) is 0.765. The van der Waals surface area contributed by atoms with Crippen LogP contribution in [-0.4, -0.2) is 17.4 Å². The highest BCUT2D eigenvalue weighted by Crippen LogP contribution is 2.09. The molecular formula is C13H17N3O2. The summed E-state index contributed by atoms with van der Waals surface area (Å²) in [6, 6.07) is 3.44. The molecule has 0 atom stereocenters. The van der Waals surface area contributed by atoms with Crippen LogP contribution in [0.5, 0.6) is 0 Å². The van der Waals surface area contributed by atoms with E-state index >= 15 is 0 Å². The van der Waals surface area contributed by atoms with Crippen LogP contribution >= 0.6 is 0 Å². The third-order valence-electron chi connectivity index (χ3n) is 2.66. The molecule has 1 heterocycles. The van der Waals surface area contributed by atoms with Crippen molar-refractivity contribution >= 4 is 5.91 Å². The van der Waals surface area contributed by atoms with Crippen molar-refractivity contribution < 1.29 is 4.79 Å². The van der Waals surface area contributed by atoms with Gasteiger partial charge in [0.15, 0.2) is 0 Å². The number of aromatic nitrogens is 1. The van der Waals surface area contributed by atoms with Crippen LogP contribution in [0, 0.1) is 11.3 Å². The zero-order chi connectivity index (χ0) is 13.5. The van der Waals surface area contributed by atoms with Gasteiger partial charge < -0.3 is 10.3 Å².